The Bertz CT molecular complexity index is 429. The maximum atomic E-state index is 3.59. The van der Waals surface area contributed by atoms with Crippen LogP contribution in [0.3, 0.4) is 0 Å². The standard InChI is InChI=1S/C10H10BrN/c1-6-3-4-8-9(10(6)11)7(2)5-12-8/h3-5,12H,1-2H3. The Labute approximate surface area is 79.9 Å². The van der Waals surface area contributed by atoms with E-state index >= 15 is 0 Å². The van der Waals surface area contributed by atoms with E-state index in [2.05, 4.69) is 46.9 Å². The third-order valence-electron chi connectivity index (χ3n) is 2.17. The van der Waals surface area contributed by atoms with E-state index in [9.17, 15) is 0 Å². The van der Waals surface area contributed by atoms with Gasteiger partial charge in [-0.2, -0.15) is 0 Å². The molecule has 0 saturated heterocycles. The average molecular weight is 224 g/mol. The normalized spacial score (nSPS) is 10.9. The summed E-state index contributed by atoms with van der Waals surface area (Å²) in [4.78, 5) is 3.23. The van der Waals surface area contributed by atoms with Crippen molar-refractivity contribution in [1.82, 2.24) is 4.98 Å². The van der Waals surface area contributed by atoms with Crippen LogP contribution >= 0.6 is 15.9 Å². The van der Waals surface area contributed by atoms with Gasteiger partial charge in [-0.15, -0.1) is 0 Å². The lowest BCUT2D eigenvalue weighted by atomic mass is 10.1. The van der Waals surface area contributed by atoms with Gasteiger partial charge in [0.15, 0.2) is 0 Å². The summed E-state index contributed by atoms with van der Waals surface area (Å²) in [6.45, 7) is 4.22. The molecule has 0 bridgehead atoms. The SMILES string of the molecule is Cc1ccc2[nH]cc(C)c2c1Br. The molecule has 0 aliphatic heterocycles. The number of aryl methyl sites for hydroxylation is 2. The summed E-state index contributed by atoms with van der Waals surface area (Å²) >= 11 is 3.59. The number of halogens is 1. The summed E-state index contributed by atoms with van der Waals surface area (Å²) in [6, 6.07) is 4.23. The van der Waals surface area contributed by atoms with Crippen LogP contribution in [0.1, 0.15) is 11.1 Å². The highest BCUT2D eigenvalue weighted by molar-refractivity contribution is 9.10. The van der Waals surface area contributed by atoms with Crippen LogP contribution in [0.5, 0.6) is 0 Å². The Morgan fingerprint density at radius 3 is 2.67 bits per heavy atom. The number of rotatable bonds is 0. The second kappa shape index (κ2) is 2.63. The maximum Gasteiger partial charge on any atom is 0.0468 e. The molecule has 12 heavy (non-hydrogen) atoms. The molecule has 1 N–H and O–H groups in total. The first-order valence-electron chi connectivity index (χ1n) is 3.93. The number of aromatic nitrogens is 1. The first kappa shape index (κ1) is 7.87. The molecular formula is C10H10BrN. The molecule has 0 saturated carbocycles. The van der Waals surface area contributed by atoms with Gasteiger partial charge >= 0.3 is 0 Å². The fraction of sp³-hybridized carbons (Fsp3) is 0.200. The molecule has 0 unspecified atom stereocenters. The highest BCUT2D eigenvalue weighted by atomic mass is 79.9. The van der Waals surface area contributed by atoms with E-state index in [-0.39, 0.29) is 0 Å². The van der Waals surface area contributed by atoms with Gasteiger partial charge in [0.25, 0.3) is 0 Å². The number of hydrogen-bond acceptors (Lipinski definition) is 0. The number of hydrogen-bond donors (Lipinski definition) is 1. The lowest BCUT2D eigenvalue weighted by Crippen LogP contribution is -1.77. The fourth-order valence-corrected chi connectivity index (χ4v) is 2.10. The number of fused-ring (bicyclic) bond motifs is 1. The largest absolute Gasteiger partial charge is 0.361 e. The molecule has 1 aromatic carbocycles. The van der Waals surface area contributed by atoms with Crippen molar-refractivity contribution in [2.24, 2.45) is 0 Å². The monoisotopic (exact) mass is 223 g/mol. The topological polar surface area (TPSA) is 15.8 Å². The Balaban J connectivity index is 2.96. The van der Waals surface area contributed by atoms with Crippen LogP contribution in [0.2, 0.25) is 0 Å². The van der Waals surface area contributed by atoms with Gasteiger partial charge in [-0.1, -0.05) is 6.07 Å². The third kappa shape index (κ3) is 0.985. The number of nitrogens with one attached hydrogen (secondary N) is 1. The number of aromatic amines is 1. The van der Waals surface area contributed by atoms with Crippen molar-refractivity contribution in [2.45, 2.75) is 13.8 Å². The van der Waals surface area contributed by atoms with Crippen LogP contribution in [-0.2, 0) is 0 Å². The van der Waals surface area contributed by atoms with E-state index in [1.807, 2.05) is 6.20 Å². The highest BCUT2D eigenvalue weighted by Gasteiger charge is 2.04. The minimum Gasteiger partial charge on any atom is -0.361 e. The van der Waals surface area contributed by atoms with Gasteiger partial charge in [-0.05, 0) is 47.0 Å². The summed E-state index contributed by atoms with van der Waals surface area (Å²) in [5, 5.41) is 1.30. The van der Waals surface area contributed by atoms with E-state index in [1.165, 1.54) is 26.5 Å². The first-order chi connectivity index (χ1) is 5.70. The molecule has 1 aromatic heterocycles. The summed E-state index contributed by atoms with van der Waals surface area (Å²) in [7, 11) is 0. The molecule has 2 aromatic rings. The Hall–Kier alpha value is -0.760. The van der Waals surface area contributed by atoms with Gasteiger partial charge in [0, 0.05) is 21.6 Å². The van der Waals surface area contributed by atoms with Crippen LogP contribution in [0, 0.1) is 13.8 Å². The van der Waals surface area contributed by atoms with Gasteiger partial charge in [-0.25, -0.2) is 0 Å². The van der Waals surface area contributed by atoms with Gasteiger partial charge in [0.2, 0.25) is 0 Å². The van der Waals surface area contributed by atoms with Gasteiger partial charge < -0.3 is 4.98 Å². The number of benzene rings is 1. The maximum absolute atomic E-state index is 3.59. The second-order valence-electron chi connectivity index (χ2n) is 3.09. The lowest BCUT2D eigenvalue weighted by molar-refractivity contribution is 1.42. The lowest BCUT2D eigenvalue weighted by Gasteiger charge is -1.99. The molecule has 0 atom stereocenters. The molecule has 2 rings (SSSR count). The van der Waals surface area contributed by atoms with Crippen molar-refractivity contribution in [2.75, 3.05) is 0 Å². The van der Waals surface area contributed by atoms with E-state index in [4.69, 9.17) is 0 Å². The molecular weight excluding hydrogens is 214 g/mol. The van der Waals surface area contributed by atoms with Crippen LogP contribution < -0.4 is 0 Å². The van der Waals surface area contributed by atoms with Crippen molar-refractivity contribution in [3.05, 3.63) is 33.9 Å². The van der Waals surface area contributed by atoms with Crippen molar-refractivity contribution < 1.29 is 0 Å². The van der Waals surface area contributed by atoms with Gasteiger partial charge in [0.05, 0.1) is 0 Å². The van der Waals surface area contributed by atoms with E-state index in [0.29, 0.717) is 0 Å². The molecule has 0 spiro atoms. The predicted molar refractivity (Wildman–Crippen MR) is 55.5 cm³/mol. The Kier molecular flexibility index (Phi) is 1.72. The molecule has 1 heterocycles. The van der Waals surface area contributed by atoms with Gasteiger partial charge in [-0.3, -0.25) is 0 Å². The summed E-state index contributed by atoms with van der Waals surface area (Å²) in [5.41, 5.74) is 3.77. The van der Waals surface area contributed by atoms with Crippen molar-refractivity contribution in [3.8, 4) is 0 Å². The average Bonchev–Trinajstić information content (AvgIpc) is 2.41. The van der Waals surface area contributed by atoms with E-state index in [0.717, 1.165) is 0 Å². The quantitative estimate of drug-likeness (QED) is 0.704. The molecule has 1 nitrogen and oxygen atoms in total. The van der Waals surface area contributed by atoms with E-state index < -0.39 is 0 Å². The minimum absolute atomic E-state index is 1.20. The van der Waals surface area contributed by atoms with Gasteiger partial charge in [0.1, 0.15) is 0 Å². The fourth-order valence-electron chi connectivity index (χ4n) is 1.44. The molecule has 0 aliphatic rings. The van der Waals surface area contributed by atoms with Crippen LogP contribution in [0.25, 0.3) is 10.9 Å². The highest BCUT2D eigenvalue weighted by Crippen LogP contribution is 2.29. The summed E-state index contributed by atoms with van der Waals surface area (Å²) in [5.74, 6) is 0. The summed E-state index contributed by atoms with van der Waals surface area (Å²) in [6.07, 6.45) is 2.04. The predicted octanol–water partition coefficient (Wildman–Crippen LogP) is 3.55. The van der Waals surface area contributed by atoms with Crippen molar-refractivity contribution in [1.29, 1.82) is 0 Å². The summed E-state index contributed by atoms with van der Waals surface area (Å²) < 4.78 is 1.21. The third-order valence-corrected chi connectivity index (χ3v) is 3.20. The second-order valence-corrected chi connectivity index (χ2v) is 3.88. The van der Waals surface area contributed by atoms with Crippen LogP contribution in [0.4, 0.5) is 0 Å². The smallest absolute Gasteiger partial charge is 0.0468 e. The van der Waals surface area contributed by atoms with Crippen molar-refractivity contribution >= 4 is 26.8 Å². The zero-order valence-corrected chi connectivity index (χ0v) is 8.70. The van der Waals surface area contributed by atoms with Crippen LogP contribution in [-0.4, -0.2) is 4.98 Å². The zero-order valence-electron chi connectivity index (χ0n) is 7.11. The molecule has 62 valence electrons. The molecule has 0 amide bonds. The molecule has 0 fully saturated rings. The first-order valence-corrected chi connectivity index (χ1v) is 4.72. The van der Waals surface area contributed by atoms with Crippen molar-refractivity contribution in [3.63, 3.8) is 0 Å². The number of H-pyrrole nitrogens is 1. The Morgan fingerprint density at radius 2 is 1.92 bits per heavy atom. The van der Waals surface area contributed by atoms with Crippen LogP contribution in [0.15, 0.2) is 22.8 Å². The van der Waals surface area contributed by atoms with E-state index in [1.54, 1.807) is 0 Å². The molecule has 2 heteroatoms. The Morgan fingerprint density at radius 1 is 1.17 bits per heavy atom. The zero-order chi connectivity index (χ0) is 8.72. The minimum atomic E-state index is 1.20. The molecule has 0 radical (unpaired) electrons. The molecule has 0 aliphatic carbocycles.